The van der Waals surface area contributed by atoms with E-state index in [0.717, 1.165) is 5.56 Å². The number of nitrogens with zero attached hydrogens (tertiary/aromatic N) is 2. The zero-order valence-corrected chi connectivity index (χ0v) is 11.3. The minimum absolute atomic E-state index is 0.171. The fourth-order valence-corrected chi connectivity index (χ4v) is 2.16. The van der Waals surface area contributed by atoms with Crippen LogP contribution >= 0.6 is 12.2 Å². The maximum atomic E-state index is 12.3. The van der Waals surface area contributed by atoms with Crippen LogP contribution in [0.15, 0.2) is 53.0 Å². The van der Waals surface area contributed by atoms with Crippen molar-refractivity contribution in [1.82, 2.24) is 15.2 Å². The van der Waals surface area contributed by atoms with E-state index in [4.69, 9.17) is 16.6 Å². The van der Waals surface area contributed by atoms with E-state index in [-0.39, 0.29) is 5.91 Å². The SMILES string of the molecule is O=C1/C(=C/c2ccco2)NC(=S)N1Cc1cccnc1. The second kappa shape index (κ2) is 5.26. The zero-order valence-electron chi connectivity index (χ0n) is 10.4. The van der Waals surface area contributed by atoms with E-state index in [9.17, 15) is 4.79 Å². The first-order chi connectivity index (χ1) is 9.74. The highest BCUT2D eigenvalue weighted by Gasteiger charge is 2.30. The molecule has 0 aromatic carbocycles. The Morgan fingerprint density at radius 1 is 1.40 bits per heavy atom. The van der Waals surface area contributed by atoms with Crippen LogP contribution in [-0.4, -0.2) is 20.9 Å². The molecule has 2 aromatic heterocycles. The van der Waals surface area contributed by atoms with Gasteiger partial charge in [0.05, 0.1) is 12.8 Å². The van der Waals surface area contributed by atoms with Gasteiger partial charge >= 0.3 is 0 Å². The van der Waals surface area contributed by atoms with Gasteiger partial charge in [0.15, 0.2) is 5.11 Å². The average Bonchev–Trinajstić information content (AvgIpc) is 3.05. The molecule has 3 rings (SSSR count). The Morgan fingerprint density at radius 2 is 2.30 bits per heavy atom. The molecule has 1 aliphatic heterocycles. The zero-order chi connectivity index (χ0) is 13.9. The summed E-state index contributed by atoms with van der Waals surface area (Å²) in [5.41, 5.74) is 1.33. The Labute approximate surface area is 120 Å². The minimum Gasteiger partial charge on any atom is -0.465 e. The highest BCUT2D eigenvalue weighted by atomic mass is 32.1. The lowest BCUT2D eigenvalue weighted by Gasteiger charge is -2.13. The third-order valence-corrected chi connectivity index (χ3v) is 3.18. The molecule has 1 aliphatic rings. The summed E-state index contributed by atoms with van der Waals surface area (Å²) >= 11 is 5.19. The number of carbonyl (C=O) groups excluding carboxylic acids is 1. The van der Waals surface area contributed by atoms with Gasteiger partial charge < -0.3 is 9.73 Å². The summed E-state index contributed by atoms with van der Waals surface area (Å²) in [5, 5.41) is 3.29. The average molecular weight is 285 g/mol. The van der Waals surface area contributed by atoms with Crippen molar-refractivity contribution in [3.63, 3.8) is 0 Å². The van der Waals surface area contributed by atoms with Gasteiger partial charge in [0, 0.05) is 18.5 Å². The van der Waals surface area contributed by atoms with E-state index < -0.39 is 0 Å². The molecule has 0 unspecified atom stereocenters. The van der Waals surface area contributed by atoms with Crippen molar-refractivity contribution in [2.24, 2.45) is 0 Å². The summed E-state index contributed by atoms with van der Waals surface area (Å²) in [6.45, 7) is 0.397. The smallest absolute Gasteiger partial charge is 0.276 e. The van der Waals surface area contributed by atoms with Crippen molar-refractivity contribution in [2.45, 2.75) is 6.54 Å². The number of furan rings is 1. The first-order valence-corrected chi connectivity index (χ1v) is 6.42. The molecular formula is C14H11N3O2S. The maximum Gasteiger partial charge on any atom is 0.276 e. The molecule has 5 nitrogen and oxygen atoms in total. The molecule has 3 heterocycles. The standard InChI is InChI=1S/C14H11N3O2S/c18-13-12(7-11-4-2-6-19-11)16-14(20)17(13)9-10-3-1-5-15-8-10/h1-8H,9H2,(H,16,20)/b12-7-. The molecule has 1 saturated heterocycles. The molecule has 1 fully saturated rings. The molecular weight excluding hydrogens is 274 g/mol. The highest BCUT2D eigenvalue weighted by molar-refractivity contribution is 7.80. The van der Waals surface area contributed by atoms with Crippen LogP contribution in [-0.2, 0) is 11.3 Å². The van der Waals surface area contributed by atoms with E-state index >= 15 is 0 Å². The van der Waals surface area contributed by atoms with Gasteiger partial charge in [0.1, 0.15) is 11.5 Å². The van der Waals surface area contributed by atoms with Crippen LogP contribution in [0.3, 0.4) is 0 Å². The fourth-order valence-electron chi connectivity index (χ4n) is 1.91. The topological polar surface area (TPSA) is 58.4 Å². The molecule has 0 atom stereocenters. The second-order valence-corrected chi connectivity index (χ2v) is 4.64. The van der Waals surface area contributed by atoms with Gasteiger partial charge in [-0.1, -0.05) is 6.07 Å². The van der Waals surface area contributed by atoms with Crippen molar-refractivity contribution in [3.8, 4) is 0 Å². The van der Waals surface area contributed by atoms with E-state index in [1.165, 1.54) is 4.90 Å². The number of pyridine rings is 1. The first-order valence-electron chi connectivity index (χ1n) is 6.01. The van der Waals surface area contributed by atoms with Gasteiger partial charge in [0.25, 0.3) is 5.91 Å². The monoisotopic (exact) mass is 285 g/mol. The number of hydrogen-bond acceptors (Lipinski definition) is 4. The quantitative estimate of drug-likeness (QED) is 0.690. The van der Waals surface area contributed by atoms with Gasteiger partial charge in [-0.25, -0.2) is 0 Å². The third kappa shape index (κ3) is 2.46. The Hall–Kier alpha value is -2.47. The predicted octanol–water partition coefficient (Wildman–Crippen LogP) is 1.93. The van der Waals surface area contributed by atoms with Gasteiger partial charge in [0.2, 0.25) is 0 Å². The molecule has 0 bridgehead atoms. The van der Waals surface area contributed by atoms with Crippen LogP contribution in [0.5, 0.6) is 0 Å². The Kier molecular flexibility index (Phi) is 3.30. The number of aromatic nitrogens is 1. The fraction of sp³-hybridized carbons (Fsp3) is 0.0714. The van der Waals surface area contributed by atoms with Crippen LogP contribution in [0.1, 0.15) is 11.3 Å². The van der Waals surface area contributed by atoms with E-state index in [0.29, 0.717) is 23.1 Å². The number of rotatable bonds is 3. The third-order valence-electron chi connectivity index (χ3n) is 2.86. The van der Waals surface area contributed by atoms with Crippen molar-refractivity contribution >= 4 is 29.3 Å². The number of thiocarbonyl (C=S) groups is 1. The maximum absolute atomic E-state index is 12.3. The summed E-state index contributed by atoms with van der Waals surface area (Å²) in [6.07, 6.45) is 6.59. The van der Waals surface area contributed by atoms with Crippen LogP contribution in [0, 0.1) is 0 Å². The normalized spacial score (nSPS) is 16.8. The summed E-state index contributed by atoms with van der Waals surface area (Å²) in [5.74, 6) is 0.433. The molecule has 1 N–H and O–H groups in total. The number of nitrogens with one attached hydrogen (secondary N) is 1. The van der Waals surface area contributed by atoms with Gasteiger partial charge in [-0.05, 0) is 36.0 Å². The lowest BCUT2D eigenvalue weighted by Crippen LogP contribution is -2.30. The lowest BCUT2D eigenvalue weighted by atomic mass is 10.2. The van der Waals surface area contributed by atoms with Crippen molar-refractivity contribution in [2.75, 3.05) is 0 Å². The highest BCUT2D eigenvalue weighted by Crippen LogP contribution is 2.16. The van der Waals surface area contributed by atoms with Crippen LogP contribution < -0.4 is 5.32 Å². The summed E-state index contributed by atoms with van der Waals surface area (Å²) in [7, 11) is 0. The molecule has 20 heavy (non-hydrogen) atoms. The molecule has 100 valence electrons. The van der Waals surface area contributed by atoms with Gasteiger partial charge in [-0.15, -0.1) is 0 Å². The number of hydrogen-bond donors (Lipinski definition) is 1. The molecule has 2 aromatic rings. The lowest BCUT2D eigenvalue weighted by molar-refractivity contribution is -0.122. The van der Waals surface area contributed by atoms with Gasteiger partial charge in [-0.2, -0.15) is 0 Å². The minimum atomic E-state index is -0.171. The molecule has 0 spiro atoms. The van der Waals surface area contributed by atoms with Crippen LogP contribution in [0.2, 0.25) is 0 Å². The molecule has 0 aliphatic carbocycles. The molecule has 0 saturated carbocycles. The van der Waals surface area contributed by atoms with Crippen molar-refractivity contribution in [3.05, 3.63) is 59.9 Å². The Balaban J connectivity index is 1.81. The largest absolute Gasteiger partial charge is 0.465 e. The molecule has 1 amide bonds. The Bertz CT molecular complexity index is 665. The van der Waals surface area contributed by atoms with E-state index in [2.05, 4.69) is 10.3 Å². The molecule has 0 radical (unpaired) electrons. The Morgan fingerprint density at radius 3 is 3.00 bits per heavy atom. The molecule has 6 heteroatoms. The van der Waals surface area contributed by atoms with Crippen LogP contribution in [0.4, 0.5) is 0 Å². The van der Waals surface area contributed by atoms with E-state index in [1.54, 1.807) is 36.9 Å². The first kappa shape index (κ1) is 12.6. The van der Waals surface area contributed by atoms with Gasteiger partial charge in [-0.3, -0.25) is 14.7 Å². The second-order valence-electron chi connectivity index (χ2n) is 4.26. The van der Waals surface area contributed by atoms with E-state index in [1.807, 2.05) is 12.1 Å². The number of carbonyl (C=O) groups is 1. The van der Waals surface area contributed by atoms with Crippen molar-refractivity contribution < 1.29 is 9.21 Å². The summed E-state index contributed by atoms with van der Waals surface area (Å²) in [4.78, 5) is 17.8. The summed E-state index contributed by atoms with van der Waals surface area (Å²) < 4.78 is 5.19. The summed E-state index contributed by atoms with van der Waals surface area (Å²) in [6, 6.07) is 7.26. The van der Waals surface area contributed by atoms with Crippen LogP contribution in [0.25, 0.3) is 6.08 Å². The predicted molar refractivity (Wildman–Crippen MR) is 77.2 cm³/mol. The number of amides is 1. The van der Waals surface area contributed by atoms with Crippen molar-refractivity contribution in [1.29, 1.82) is 0 Å².